The van der Waals surface area contributed by atoms with Gasteiger partial charge in [0.05, 0.1) is 0 Å². The Morgan fingerprint density at radius 1 is 1.08 bits per heavy atom. The summed E-state index contributed by atoms with van der Waals surface area (Å²) in [6, 6.07) is 0. The number of carbonyl (C=O) groups is 2. The fourth-order valence-electron chi connectivity index (χ4n) is 4.74. The summed E-state index contributed by atoms with van der Waals surface area (Å²) in [6.45, 7) is 2.30. The number of fused-ring (bicyclic) bond motifs is 1. The minimum atomic E-state index is 0.168. The van der Waals surface area contributed by atoms with Crippen LogP contribution in [0, 0.1) is 35.0 Å². The van der Waals surface area contributed by atoms with Gasteiger partial charge >= 0.3 is 0 Å². The fourth-order valence-corrected chi connectivity index (χ4v) is 4.74. The lowest BCUT2D eigenvalue weighted by atomic mass is 9.70. The molecule has 0 aliphatic heterocycles. The Hall–Kier alpha value is -0.660. The zero-order valence-corrected chi connectivity index (χ0v) is 7.62. The Labute approximate surface area is 76.7 Å². The Bertz CT molecular complexity index is 327. The van der Waals surface area contributed by atoms with Crippen molar-refractivity contribution in [3.05, 3.63) is 0 Å². The van der Waals surface area contributed by atoms with Crippen LogP contribution in [-0.2, 0) is 9.59 Å². The molecule has 0 aromatic rings. The predicted molar refractivity (Wildman–Crippen MR) is 44.8 cm³/mol. The summed E-state index contributed by atoms with van der Waals surface area (Å²) in [6.07, 6.45) is 1.41. The highest BCUT2D eigenvalue weighted by atomic mass is 16.1. The molecule has 0 saturated heterocycles. The summed E-state index contributed by atoms with van der Waals surface area (Å²) >= 11 is 0. The van der Waals surface area contributed by atoms with Crippen LogP contribution in [0.4, 0.5) is 0 Å². The molecule has 0 amide bonds. The molecule has 0 bridgehead atoms. The Kier molecular flexibility index (Phi) is 0.783. The molecule has 0 heterocycles. The van der Waals surface area contributed by atoms with Crippen molar-refractivity contribution in [1.82, 2.24) is 0 Å². The maximum absolute atomic E-state index is 11.7. The SMILES string of the molecule is CC12C3CC(=O)C4C(C(=O)C3)C1C42. The molecule has 2 nitrogen and oxygen atoms in total. The third kappa shape index (κ3) is 0.441. The Morgan fingerprint density at radius 3 is 2.00 bits per heavy atom. The molecule has 0 spiro atoms. The van der Waals surface area contributed by atoms with E-state index in [2.05, 4.69) is 6.92 Å². The second-order valence-corrected chi connectivity index (χ2v) is 5.51. The average Bonchev–Trinajstić information content (AvgIpc) is 2.53. The van der Waals surface area contributed by atoms with Crippen LogP contribution < -0.4 is 0 Å². The van der Waals surface area contributed by atoms with Gasteiger partial charge < -0.3 is 0 Å². The van der Waals surface area contributed by atoms with Crippen molar-refractivity contribution in [3.63, 3.8) is 0 Å². The monoisotopic (exact) mass is 176 g/mol. The molecule has 4 saturated carbocycles. The van der Waals surface area contributed by atoms with E-state index in [9.17, 15) is 9.59 Å². The topological polar surface area (TPSA) is 34.1 Å². The van der Waals surface area contributed by atoms with Crippen LogP contribution >= 0.6 is 0 Å². The van der Waals surface area contributed by atoms with Crippen molar-refractivity contribution < 1.29 is 9.59 Å². The normalized spacial score (nSPS) is 66.1. The zero-order valence-electron chi connectivity index (χ0n) is 7.62. The second-order valence-electron chi connectivity index (χ2n) is 5.51. The molecule has 0 N–H and O–H groups in total. The lowest BCUT2D eigenvalue weighted by Crippen LogP contribution is -2.39. The number of Topliss-reactive ketones (excluding diaryl/α,β-unsaturated/α-hetero) is 2. The molecule has 0 aromatic carbocycles. The second kappa shape index (κ2) is 1.51. The molecule has 13 heavy (non-hydrogen) atoms. The lowest BCUT2D eigenvalue weighted by molar-refractivity contribution is -0.136. The van der Waals surface area contributed by atoms with Crippen LogP contribution in [-0.4, -0.2) is 11.6 Å². The first kappa shape index (κ1) is 6.74. The van der Waals surface area contributed by atoms with E-state index in [1.165, 1.54) is 0 Å². The maximum Gasteiger partial charge on any atom is 0.137 e. The third-order valence-electron chi connectivity index (χ3n) is 5.39. The minimum Gasteiger partial charge on any atom is -0.299 e. The quantitative estimate of drug-likeness (QED) is 0.552. The van der Waals surface area contributed by atoms with E-state index in [0.29, 0.717) is 47.6 Å². The van der Waals surface area contributed by atoms with Gasteiger partial charge in [-0.25, -0.2) is 0 Å². The standard InChI is InChI=1S/C11H12O2/c1-11-4-2-5(12)7-8(6(13)3-4)10(11)9(7)11/h4,7-10H,2-3H2,1H3. The molecule has 4 aliphatic rings. The summed E-state index contributed by atoms with van der Waals surface area (Å²) in [7, 11) is 0. The van der Waals surface area contributed by atoms with E-state index in [-0.39, 0.29) is 11.8 Å². The van der Waals surface area contributed by atoms with Crippen molar-refractivity contribution in [3.8, 4) is 0 Å². The van der Waals surface area contributed by atoms with Gasteiger partial charge in [-0.3, -0.25) is 9.59 Å². The molecule has 4 aliphatic carbocycles. The van der Waals surface area contributed by atoms with Crippen LogP contribution in [0.2, 0.25) is 0 Å². The van der Waals surface area contributed by atoms with Gasteiger partial charge in [0.25, 0.3) is 0 Å². The predicted octanol–water partition coefficient (Wildman–Crippen LogP) is 1.05. The third-order valence-corrected chi connectivity index (χ3v) is 5.39. The van der Waals surface area contributed by atoms with Gasteiger partial charge in [-0.05, 0) is 23.2 Å². The highest BCUT2D eigenvalue weighted by Crippen LogP contribution is 2.84. The van der Waals surface area contributed by atoms with Gasteiger partial charge in [-0.15, -0.1) is 0 Å². The van der Waals surface area contributed by atoms with Crippen LogP contribution in [0.5, 0.6) is 0 Å². The van der Waals surface area contributed by atoms with E-state index in [4.69, 9.17) is 0 Å². The average molecular weight is 176 g/mol. The van der Waals surface area contributed by atoms with E-state index in [1.807, 2.05) is 0 Å². The number of ketones is 2. The summed E-state index contributed by atoms with van der Waals surface area (Å²) in [5.41, 5.74) is 0.414. The molecule has 68 valence electrons. The summed E-state index contributed by atoms with van der Waals surface area (Å²) in [5.74, 6) is 2.79. The first-order valence-electron chi connectivity index (χ1n) is 5.21. The first-order valence-corrected chi connectivity index (χ1v) is 5.21. The highest BCUT2D eigenvalue weighted by Gasteiger charge is 2.85. The zero-order chi connectivity index (χ0) is 8.96. The minimum absolute atomic E-state index is 0.168. The molecule has 4 atom stereocenters. The van der Waals surface area contributed by atoms with Crippen LogP contribution in [0.1, 0.15) is 19.8 Å². The van der Waals surface area contributed by atoms with Gasteiger partial charge in [0, 0.05) is 24.7 Å². The van der Waals surface area contributed by atoms with Gasteiger partial charge in [-0.1, -0.05) is 6.92 Å². The van der Waals surface area contributed by atoms with Crippen molar-refractivity contribution in [2.24, 2.45) is 35.0 Å². The van der Waals surface area contributed by atoms with Gasteiger partial charge in [0.15, 0.2) is 0 Å². The van der Waals surface area contributed by atoms with E-state index in [1.54, 1.807) is 0 Å². The largest absolute Gasteiger partial charge is 0.299 e. The summed E-state index contributed by atoms with van der Waals surface area (Å²) < 4.78 is 0. The highest BCUT2D eigenvalue weighted by molar-refractivity contribution is 5.98. The van der Waals surface area contributed by atoms with Crippen LogP contribution in [0.15, 0.2) is 0 Å². The van der Waals surface area contributed by atoms with Gasteiger partial charge in [-0.2, -0.15) is 0 Å². The summed E-state index contributed by atoms with van der Waals surface area (Å²) in [5, 5.41) is 0. The Morgan fingerprint density at radius 2 is 1.54 bits per heavy atom. The number of hydrogen-bond donors (Lipinski definition) is 0. The van der Waals surface area contributed by atoms with Gasteiger partial charge in [0.2, 0.25) is 0 Å². The van der Waals surface area contributed by atoms with Crippen molar-refractivity contribution in [1.29, 1.82) is 0 Å². The number of rotatable bonds is 0. The number of carbonyl (C=O) groups excluding carboxylic acids is 2. The lowest BCUT2D eigenvalue weighted by Gasteiger charge is -2.31. The fraction of sp³-hybridized carbons (Fsp3) is 0.818. The van der Waals surface area contributed by atoms with Crippen molar-refractivity contribution >= 4 is 11.6 Å². The molecular weight excluding hydrogens is 164 g/mol. The van der Waals surface area contributed by atoms with Crippen LogP contribution in [0.25, 0.3) is 0 Å². The van der Waals surface area contributed by atoms with Crippen LogP contribution in [0.3, 0.4) is 0 Å². The molecule has 4 fully saturated rings. The molecule has 0 radical (unpaired) electrons. The molecule has 0 aromatic heterocycles. The summed E-state index contributed by atoms with van der Waals surface area (Å²) in [4.78, 5) is 23.3. The molecule has 4 unspecified atom stereocenters. The molecular formula is C11H12O2. The van der Waals surface area contributed by atoms with Gasteiger partial charge in [0.1, 0.15) is 11.6 Å². The number of hydrogen-bond acceptors (Lipinski definition) is 2. The smallest absolute Gasteiger partial charge is 0.137 e. The van der Waals surface area contributed by atoms with E-state index < -0.39 is 0 Å². The maximum atomic E-state index is 11.7. The Balaban J connectivity index is 1.93. The van der Waals surface area contributed by atoms with E-state index >= 15 is 0 Å². The van der Waals surface area contributed by atoms with Crippen molar-refractivity contribution in [2.45, 2.75) is 19.8 Å². The first-order chi connectivity index (χ1) is 6.15. The molecule has 4 rings (SSSR count). The van der Waals surface area contributed by atoms with E-state index in [0.717, 1.165) is 0 Å². The van der Waals surface area contributed by atoms with Crippen molar-refractivity contribution in [2.75, 3.05) is 0 Å². The molecule has 2 heteroatoms.